The minimum atomic E-state index is -0.395. The molecule has 2 fully saturated rings. The smallest absolute Gasteiger partial charge is 0.178 e. The van der Waals surface area contributed by atoms with Crippen molar-refractivity contribution < 1.29 is 19.0 Å². The topological polar surface area (TPSA) is 63.8 Å². The molecule has 1 aromatic heterocycles. The summed E-state index contributed by atoms with van der Waals surface area (Å²) in [5.41, 5.74) is 1.67. The SMILES string of the molecule is COc1ccc2[nH]cc(C(=O)CN3CCC4(CC3)OCCO4)c2c1. The Morgan fingerprint density at radius 1 is 1.29 bits per heavy atom. The standard InChI is InChI=1S/C18H22N2O4/c1-22-13-2-3-16-14(10-13)15(11-19-16)17(21)12-20-6-4-18(5-7-20)23-8-9-24-18/h2-3,10-11,19H,4-9,12H2,1H3. The van der Waals surface area contributed by atoms with Gasteiger partial charge in [0, 0.05) is 48.6 Å². The first kappa shape index (κ1) is 15.6. The van der Waals surface area contributed by atoms with Gasteiger partial charge >= 0.3 is 0 Å². The number of Topliss-reactive ketones (excluding diaryl/α,β-unsaturated/α-hetero) is 1. The number of carbonyl (C=O) groups is 1. The summed E-state index contributed by atoms with van der Waals surface area (Å²) >= 11 is 0. The predicted octanol–water partition coefficient (Wildman–Crippen LogP) is 2.20. The zero-order chi connectivity index (χ0) is 16.6. The van der Waals surface area contributed by atoms with Crippen LogP contribution in [0.25, 0.3) is 10.9 Å². The lowest BCUT2D eigenvalue weighted by atomic mass is 10.0. The summed E-state index contributed by atoms with van der Waals surface area (Å²) in [6, 6.07) is 5.73. The lowest BCUT2D eigenvalue weighted by Crippen LogP contribution is -2.46. The van der Waals surface area contributed by atoms with Gasteiger partial charge in [0.2, 0.25) is 0 Å². The largest absolute Gasteiger partial charge is 0.497 e. The van der Waals surface area contributed by atoms with E-state index in [2.05, 4.69) is 9.88 Å². The molecule has 128 valence electrons. The Kier molecular flexibility index (Phi) is 4.04. The van der Waals surface area contributed by atoms with Gasteiger partial charge in [-0.3, -0.25) is 9.69 Å². The number of hydrogen-bond donors (Lipinski definition) is 1. The molecule has 6 heteroatoms. The third kappa shape index (κ3) is 2.81. The summed E-state index contributed by atoms with van der Waals surface area (Å²) in [5.74, 6) is 0.485. The van der Waals surface area contributed by atoms with E-state index in [-0.39, 0.29) is 5.78 Å². The number of H-pyrrole nitrogens is 1. The van der Waals surface area contributed by atoms with E-state index >= 15 is 0 Å². The summed E-state index contributed by atoms with van der Waals surface area (Å²) in [4.78, 5) is 18.1. The fourth-order valence-corrected chi connectivity index (χ4v) is 3.58. The predicted molar refractivity (Wildman–Crippen MR) is 89.5 cm³/mol. The highest BCUT2D eigenvalue weighted by Crippen LogP contribution is 2.31. The van der Waals surface area contributed by atoms with Crippen LogP contribution in [0.4, 0.5) is 0 Å². The van der Waals surface area contributed by atoms with Gasteiger partial charge in [0.05, 0.1) is 26.9 Å². The molecule has 0 saturated carbocycles. The van der Waals surface area contributed by atoms with Gasteiger partial charge in [0.1, 0.15) is 5.75 Å². The zero-order valence-corrected chi connectivity index (χ0v) is 13.8. The van der Waals surface area contributed by atoms with Crippen LogP contribution in [-0.4, -0.2) is 61.4 Å². The Morgan fingerprint density at radius 2 is 2.04 bits per heavy atom. The van der Waals surface area contributed by atoms with Gasteiger partial charge in [-0.15, -0.1) is 0 Å². The molecule has 2 aliphatic rings. The monoisotopic (exact) mass is 330 g/mol. The Labute approximate surface area is 140 Å². The number of nitrogens with zero attached hydrogens (tertiary/aromatic N) is 1. The van der Waals surface area contributed by atoms with E-state index in [1.54, 1.807) is 13.3 Å². The molecule has 0 amide bonds. The number of rotatable bonds is 4. The third-order valence-corrected chi connectivity index (χ3v) is 4.99. The van der Waals surface area contributed by atoms with Crippen LogP contribution in [0, 0.1) is 0 Å². The first-order valence-corrected chi connectivity index (χ1v) is 8.38. The molecule has 1 N–H and O–H groups in total. The Morgan fingerprint density at radius 3 is 2.75 bits per heavy atom. The van der Waals surface area contributed by atoms with E-state index in [1.807, 2.05) is 18.2 Å². The van der Waals surface area contributed by atoms with Crippen LogP contribution in [-0.2, 0) is 9.47 Å². The molecule has 3 heterocycles. The van der Waals surface area contributed by atoms with Gasteiger partial charge in [-0.1, -0.05) is 0 Å². The molecule has 2 aliphatic heterocycles. The summed E-state index contributed by atoms with van der Waals surface area (Å²) in [6.07, 6.45) is 3.44. The lowest BCUT2D eigenvalue weighted by Gasteiger charge is -2.37. The van der Waals surface area contributed by atoms with E-state index in [0.717, 1.165) is 48.1 Å². The molecular formula is C18H22N2O4. The number of aromatic amines is 1. The summed E-state index contributed by atoms with van der Waals surface area (Å²) in [6.45, 7) is 3.40. The number of benzene rings is 1. The quantitative estimate of drug-likeness (QED) is 0.871. The Bertz CT molecular complexity index is 739. The fraction of sp³-hybridized carbons (Fsp3) is 0.500. The van der Waals surface area contributed by atoms with E-state index in [9.17, 15) is 4.79 Å². The maximum atomic E-state index is 12.7. The molecule has 6 nitrogen and oxygen atoms in total. The van der Waals surface area contributed by atoms with E-state index in [1.165, 1.54) is 0 Å². The molecule has 0 radical (unpaired) electrons. The van der Waals surface area contributed by atoms with Gasteiger partial charge in [-0.2, -0.15) is 0 Å². The number of nitrogens with one attached hydrogen (secondary N) is 1. The summed E-state index contributed by atoms with van der Waals surface area (Å²) < 4.78 is 16.7. The zero-order valence-electron chi connectivity index (χ0n) is 13.8. The average molecular weight is 330 g/mol. The molecule has 0 unspecified atom stereocenters. The van der Waals surface area contributed by atoms with Crippen molar-refractivity contribution >= 4 is 16.7 Å². The first-order valence-electron chi connectivity index (χ1n) is 8.38. The van der Waals surface area contributed by atoms with Crippen molar-refractivity contribution in [3.05, 3.63) is 30.0 Å². The number of carbonyl (C=O) groups excluding carboxylic acids is 1. The van der Waals surface area contributed by atoms with Crippen LogP contribution in [0.3, 0.4) is 0 Å². The van der Waals surface area contributed by atoms with Crippen LogP contribution in [0.2, 0.25) is 0 Å². The maximum Gasteiger partial charge on any atom is 0.178 e. The number of likely N-dealkylation sites (tertiary alicyclic amines) is 1. The molecule has 24 heavy (non-hydrogen) atoms. The van der Waals surface area contributed by atoms with Gasteiger partial charge in [0.15, 0.2) is 11.6 Å². The van der Waals surface area contributed by atoms with Gasteiger partial charge in [-0.05, 0) is 18.2 Å². The van der Waals surface area contributed by atoms with Crippen molar-refractivity contribution in [2.75, 3.05) is 40.0 Å². The minimum absolute atomic E-state index is 0.124. The molecule has 1 aromatic carbocycles. The van der Waals surface area contributed by atoms with Gasteiger partial charge in [0.25, 0.3) is 0 Å². The second kappa shape index (κ2) is 6.20. The molecule has 2 saturated heterocycles. The van der Waals surface area contributed by atoms with Crippen LogP contribution in [0.15, 0.2) is 24.4 Å². The van der Waals surface area contributed by atoms with Crippen molar-refractivity contribution in [2.24, 2.45) is 0 Å². The van der Waals surface area contributed by atoms with E-state index < -0.39 is 5.79 Å². The number of ketones is 1. The molecular weight excluding hydrogens is 308 g/mol. The van der Waals surface area contributed by atoms with Crippen molar-refractivity contribution in [3.63, 3.8) is 0 Å². The lowest BCUT2D eigenvalue weighted by molar-refractivity contribution is -0.184. The van der Waals surface area contributed by atoms with E-state index in [4.69, 9.17) is 14.2 Å². The Balaban J connectivity index is 1.45. The van der Waals surface area contributed by atoms with Crippen LogP contribution < -0.4 is 4.74 Å². The van der Waals surface area contributed by atoms with Crippen LogP contribution in [0.5, 0.6) is 5.75 Å². The number of hydrogen-bond acceptors (Lipinski definition) is 5. The molecule has 0 atom stereocenters. The molecule has 0 bridgehead atoms. The number of aromatic nitrogens is 1. The maximum absolute atomic E-state index is 12.7. The first-order chi connectivity index (χ1) is 11.7. The van der Waals surface area contributed by atoms with Crippen molar-refractivity contribution in [1.82, 2.24) is 9.88 Å². The second-order valence-corrected chi connectivity index (χ2v) is 6.42. The van der Waals surface area contributed by atoms with Crippen LogP contribution >= 0.6 is 0 Å². The highest BCUT2D eigenvalue weighted by molar-refractivity contribution is 6.09. The highest BCUT2D eigenvalue weighted by atomic mass is 16.7. The molecule has 0 aliphatic carbocycles. The number of piperidine rings is 1. The van der Waals surface area contributed by atoms with Crippen molar-refractivity contribution in [3.8, 4) is 5.75 Å². The third-order valence-electron chi connectivity index (χ3n) is 4.99. The second-order valence-electron chi connectivity index (χ2n) is 6.42. The Hall–Kier alpha value is -1.89. The van der Waals surface area contributed by atoms with E-state index in [0.29, 0.717) is 19.8 Å². The molecule has 1 spiro atoms. The normalized spacial score (nSPS) is 20.7. The minimum Gasteiger partial charge on any atom is -0.497 e. The summed E-state index contributed by atoms with van der Waals surface area (Å²) in [7, 11) is 1.63. The van der Waals surface area contributed by atoms with Crippen LogP contribution in [0.1, 0.15) is 23.2 Å². The number of methoxy groups -OCH3 is 1. The average Bonchev–Trinajstić information content (AvgIpc) is 3.23. The van der Waals surface area contributed by atoms with Gasteiger partial charge < -0.3 is 19.2 Å². The van der Waals surface area contributed by atoms with Crippen molar-refractivity contribution in [2.45, 2.75) is 18.6 Å². The van der Waals surface area contributed by atoms with Gasteiger partial charge in [-0.25, -0.2) is 0 Å². The molecule has 2 aromatic rings. The summed E-state index contributed by atoms with van der Waals surface area (Å²) in [5, 5.41) is 0.912. The highest BCUT2D eigenvalue weighted by Gasteiger charge is 2.40. The molecule has 4 rings (SSSR count). The number of ether oxygens (including phenoxy) is 3. The fourth-order valence-electron chi connectivity index (χ4n) is 3.58. The number of fused-ring (bicyclic) bond motifs is 1. The van der Waals surface area contributed by atoms with Crippen molar-refractivity contribution in [1.29, 1.82) is 0 Å².